The zero-order chi connectivity index (χ0) is 15.7. The van der Waals surface area contributed by atoms with Gasteiger partial charge in [-0.2, -0.15) is 0 Å². The Balaban J connectivity index is 4.11. The molecule has 118 valence electrons. The van der Waals surface area contributed by atoms with E-state index in [1.54, 1.807) is 6.92 Å². The first-order valence-electron chi connectivity index (χ1n) is 6.22. The van der Waals surface area contributed by atoms with Gasteiger partial charge in [-0.3, -0.25) is 9.59 Å². The fourth-order valence-corrected chi connectivity index (χ4v) is 1.29. The topological polar surface area (TPSA) is 159 Å². The van der Waals surface area contributed by atoms with Gasteiger partial charge in [-0.1, -0.05) is 6.92 Å². The summed E-state index contributed by atoms with van der Waals surface area (Å²) in [6, 6.07) is 0. The first-order chi connectivity index (χ1) is 9.34. The van der Waals surface area contributed by atoms with E-state index < -0.39 is 36.9 Å². The number of carbonyl (C=O) groups is 2. The van der Waals surface area contributed by atoms with E-state index in [-0.39, 0.29) is 19.0 Å². The van der Waals surface area contributed by atoms with Crippen LogP contribution in [0.2, 0.25) is 0 Å². The summed E-state index contributed by atoms with van der Waals surface area (Å²) in [4.78, 5) is 22.3. The largest absolute Gasteiger partial charge is 0.394 e. The van der Waals surface area contributed by atoms with E-state index in [0.29, 0.717) is 6.42 Å². The second kappa shape index (κ2) is 9.61. The SMILES string of the molecule is CCC(=O)NCCNC(=O)C(O)C(O)C(O)C(O)CO. The summed E-state index contributed by atoms with van der Waals surface area (Å²) in [5.41, 5.74) is 0. The minimum absolute atomic E-state index is 0.0347. The molecule has 9 nitrogen and oxygen atoms in total. The summed E-state index contributed by atoms with van der Waals surface area (Å²) in [5, 5.41) is 50.6. The highest BCUT2D eigenvalue weighted by molar-refractivity contribution is 5.81. The van der Waals surface area contributed by atoms with Crippen molar-refractivity contribution in [3.05, 3.63) is 0 Å². The molecule has 0 bridgehead atoms. The maximum Gasteiger partial charge on any atom is 0.251 e. The zero-order valence-electron chi connectivity index (χ0n) is 11.2. The third-order valence-electron chi connectivity index (χ3n) is 2.59. The number of aliphatic hydroxyl groups excluding tert-OH is 5. The van der Waals surface area contributed by atoms with Crippen LogP contribution in [0.3, 0.4) is 0 Å². The van der Waals surface area contributed by atoms with E-state index in [1.165, 1.54) is 0 Å². The van der Waals surface area contributed by atoms with Crippen LogP contribution in [0.25, 0.3) is 0 Å². The van der Waals surface area contributed by atoms with E-state index in [4.69, 9.17) is 10.2 Å². The highest BCUT2D eigenvalue weighted by Crippen LogP contribution is 2.05. The lowest BCUT2D eigenvalue weighted by atomic mass is 10.0. The zero-order valence-corrected chi connectivity index (χ0v) is 11.2. The molecule has 0 fully saturated rings. The summed E-state index contributed by atoms with van der Waals surface area (Å²) < 4.78 is 0. The molecule has 9 heteroatoms. The van der Waals surface area contributed by atoms with Gasteiger partial charge in [0, 0.05) is 19.5 Å². The van der Waals surface area contributed by atoms with Gasteiger partial charge >= 0.3 is 0 Å². The third kappa shape index (κ3) is 6.26. The Labute approximate surface area is 116 Å². The van der Waals surface area contributed by atoms with Gasteiger partial charge in [0.1, 0.15) is 18.3 Å². The van der Waals surface area contributed by atoms with Crippen LogP contribution in [-0.4, -0.2) is 81.5 Å². The van der Waals surface area contributed by atoms with Crippen molar-refractivity contribution in [3.63, 3.8) is 0 Å². The maximum absolute atomic E-state index is 11.4. The minimum Gasteiger partial charge on any atom is -0.394 e. The Morgan fingerprint density at radius 2 is 1.55 bits per heavy atom. The number of nitrogens with one attached hydrogen (secondary N) is 2. The number of carbonyl (C=O) groups excluding carboxylic acids is 2. The van der Waals surface area contributed by atoms with Crippen LogP contribution in [0.5, 0.6) is 0 Å². The predicted molar refractivity (Wildman–Crippen MR) is 67.4 cm³/mol. The molecule has 0 aliphatic carbocycles. The molecule has 0 saturated carbocycles. The van der Waals surface area contributed by atoms with Crippen LogP contribution in [0, 0.1) is 0 Å². The Hall–Kier alpha value is -1.26. The number of aliphatic hydroxyl groups is 5. The van der Waals surface area contributed by atoms with E-state index in [2.05, 4.69) is 10.6 Å². The van der Waals surface area contributed by atoms with Crippen molar-refractivity contribution in [2.75, 3.05) is 19.7 Å². The second-order valence-corrected chi connectivity index (χ2v) is 4.17. The molecule has 20 heavy (non-hydrogen) atoms. The fourth-order valence-electron chi connectivity index (χ4n) is 1.29. The number of amides is 2. The van der Waals surface area contributed by atoms with E-state index in [9.17, 15) is 24.9 Å². The third-order valence-corrected chi connectivity index (χ3v) is 2.59. The molecule has 4 atom stereocenters. The summed E-state index contributed by atoms with van der Waals surface area (Å²) in [5.74, 6) is -1.16. The molecule has 0 heterocycles. The Morgan fingerprint density at radius 1 is 1.00 bits per heavy atom. The summed E-state index contributed by atoms with van der Waals surface area (Å²) >= 11 is 0. The van der Waals surface area contributed by atoms with Gasteiger partial charge < -0.3 is 36.2 Å². The van der Waals surface area contributed by atoms with Gasteiger partial charge in [0.2, 0.25) is 5.91 Å². The predicted octanol–water partition coefficient (Wildman–Crippen LogP) is -3.94. The van der Waals surface area contributed by atoms with Crippen LogP contribution in [0.4, 0.5) is 0 Å². The Morgan fingerprint density at radius 3 is 2.05 bits per heavy atom. The fraction of sp³-hybridized carbons (Fsp3) is 0.818. The van der Waals surface area contributed by atoms with Crippen LogP contribution >= 0.6 is 0 Å². The van der Waals surface area contributed by atoms with Crippen LogP contribution in [0.15, 0.2) is 0 Å². The lowest BCUT2D eigenvalue weighted by Crippen LogP contribution is -2.52. The van der Waals surface area contributed by atoms with Crippen molar-refractivity contribution in [3.8, 4) is 0 Å². The normalized spacial score (nSPS) is 16.9. The van der Waals surface area contributed by atoms with Crippen LogP contribution < -0.4 is 10.6 Å². The summed E-state index contributed by atoms with van der Waals surface area (Å²) in [7, 11) is 0. The van der Waals surface area contributed by atoms with Crippen molar-refractivity contribution in [1.82, 2.24) is 10.6 Å². The van der Waals surface area contributed by atoms with Gasteiger partial charge in [0.15, 0.2) is 6.10 Å². The van der Waals surface area contributed by atoms with Crippen molar-refractivity contribution < 1.29 is 35.1 Å². The lowest BCUT2D eigenvalue weighted by molar-refractivity contribution is -0.148. The Bertz CT molecular complexity index is 313. The molecule has 2 amide bonds. The number of rotatable bonds is 9. The first kappa shape index (κ1) is 18.7. The van der Waals surface area contributed by atoms with Crippen molar-refractivity contribution in [2.24, 2.45) is 0 Å². The number of hydrogen-bond donors (Lipinski definition) is 7. The van der Waals surface area contributed by atoms with Crippen molar-refractivity contribution >= 4 is 11.8 Å². The molecule has 0 radical (unpaired) electrons. The van der Waals surface area contributed by atoms with Crippen LogP contribution in [0.1, 0.15) is 13.3 Å². The molecule has 0 aromatic heterocycles. The molecule has 0 spiro atoms. The average Bonchev–Trinajstić information content (AvgIpc) is 2.47. The smallest absolute Gasteiger partial charge is 0.251 e. The van der Waals surface area contributed by atoms with Crippen molar-refractivity contribution in [1.29, 1.82) is 0 Å². The molecule has 0 saturated heterocycles. The average molecular weight is 294 g/mol. The molecule has 0 aliphatic heterocycles. The van der Waals surface area contributed by atoms with Crippen molar-refractivity contribution in [2.45, 2.75) is 37.8 Å². The van der Waals surface area contributed by atoms with Gasteiger partial charge in [-0.05, 0) is 0 Å². The molecule has 7 N–H and O–H groups in total. The van der Waals surface area contributed by atoms with Gasteiger partial charge in [-0.15, -0.1) is 0 Å². The first-order valence-corrected chi connectivity index (χ1v) is 6.22. The van der Waals surface area contributed by atoms with Gasteiger partial charge in [0.05, 0.1) is 6.61 Å². The van der Waals surface area contributed by atoms with E-state index in [0.717, 1.165) is 0 Å². The molecule has 0 aromatic rings. The summed E-state index contributed by atoms with van der Waals surface area (Å²) in [6.45, 7) is 1.04. The molecule has 0 rings (SSSR count). The van der Waals surface area contributed by atoms with E-state index >= 15 is 0 Å². The highest BCUT2D eigenvalue weighted by atomic mass is 16.4. The molecule has 4 unspecified atom stereocenters. The molecular formula is C11H22N2O7. The maximum atomic E-state index is 11.4. The monoisotopic (exact) mass is 294 g/mol. The molecule has 0 aliphatic rings. The lowest BCUT2D eigenvalue weighted by Gasteiger charge is -2.24. The number of hydrogen-bond acceptors (Lipinski definition) is 7. The summed E-state index contributed by atoms with van der Waals surface area (Å²) in [6.07, 6.45) is -7.13. The highest BCUT2D eigenvalue weighted by Gasteiger charge is 2.33. The van der Waals surface area contributed by atoms with Crippen LogP contribution in [-0.2, 0) is 9.59 Å². The van der Waals surface area contributed by atoms with Gasteiger partial charge in [-0.25, -0.2) is 0 Å². The quantitative estimate of drug-likeness (QED) is 0.214. The van der Waals surface area contributed by atoms with E-state index in [1.807, 2.05) is 0 Å². The Kier molecular flexibility index (Phi) is 9.01. The molecule has 0 aromatic carbocycles. The minimum atomic E-state index is -1.96. The van der Waals surface area contributed by atoms with Gasteiger partial charge in [0.25, 0.3) is 5.91 Å². The molecular weight excluding hydrogens is 272 g/mol. The second-order valence-electron chi connectivity index (χ2n) is 4.17. The standard InChI is InChI=1S/C11H22N2O7/c1-2-7(16)12-3-4-13-11(20)10(19)9(18)8(17)6(15)5-14/h6,8-10,14-15,17-19H,2-5H2,1H3,(H,12,16)(H,13,20).